The molecular weight excluding hydrogens is 332 g/mol. The van der Waals surface area contributed by atoms with Crippen molar-refractivity contribution in [3.63, 3.8) is 0 Å². The summed E-state index contributed by atoms with van der Waals surface area (Å²) in [6, 6.07) is 0. The second-order valence-electron chi connectivity index (χ2n) is 5.02. The second-order valence-corrected chi connectivity index (χ2v) is 5.02. The van der Waals surface area contributed by atoms with Crippen LogP contribution in [0.5, 0.6) is 0 Å². The Kier molecular flexibility index (Phi) is 20.1. The predicted molar refractivity (Wildman–Crippen MR) is 77.9 cm³/mol. The summed E-state index contributed by atoms with van der Waals surface area (Å²) < 4.78 is 0. The van der Waals surface area contributed by atoms with Crippen LogP contribution in [-0.2, 0) is 27.2 Å². The third-order valence-corrected chi connectivity index (χ3v) is 3.15. The van der Waals surface area contributed by atoms with Gasteiger partial charge in [-0.3, -0.25) is 4.79 Å². The van der Waals surface area contributed by atoms with Gasteiger partial charge in [-0.25, -0.2) is 0 Å². The van der Waals surface area contributed by atoms with E-state index >= 15 is 0 Å². The van der Waals surface area contributed by atoms with Crippen molar-refractivity contribution in [3.8, 4) is 0 Å². The van der Waals surface area contributed by atoms with Gasteiger partial charge in [0.25, 0.3) is 0 Å². The van der Waals surface area contributed by atoms with Gasteiger partial charge in [0.2, 0.25) is 0 Å². The van der Waals surface area contributed by atoms with Gasteiger partial charge in [-0.2, -0.15) is 0 Å². The van der Waals surface area contributed by atoms with Crippen LogP contribution < -0.4 is 0 Å². The van der Waals surface area contributed by atoms with E-state index in [2.05, 4.69) is 19.1 Å². The van der Waals surface area contributed by atoms with Crippen molar-refractivity contribution in [3.05, 3.63) is 12.2 Å². The summed E-state index contributed by atoms with van der Waals surface area (Å²) >= 11 is 0. The van der Waals surface area contributed by atoms with Crippen molar-refractivity contribution >= 4 is 5.97 Å². The molecule has 0 amide bonds. The minimum Gasteiger partial charge on any atom is -0.481 e. The van der Waals surface area contributed by atoms with Crippen LogP contribution in [0.15, 0.2) is 12.2 Å². The molecule has 0 aromatic rings. The van der Waals surface area contributed by atoms with E-state index < -0.39 is 5.97 Å². The Morgan fingerprint density at radius 3 is 1.84 bits per heavy atom. The van der Waals surface area contributed by atoms with Crippen LogP contribution in [0.25, 0.3) is 0 Å². The molecule has 0 spiro atoms. The van der Waals surface area contributed by atoms with Crippen LogP contribution in [0.4, 0.5) is 0 Å². The Morgan fingerprint density at radius 2 is 1.32 bits per heavy atom. The van der Waals surface area contributed by atoms with Gasteiger partial charge in [0.1, 0.15) is 0 Å². The summed E-state index contributed by atoms with van der Waals surface area (Å²) in [7, 11) is 0. The normalized spacial score (nSPS) is 10.6. The molecule has 1 radical (unpaired) electrons. The van der Waals surface area contributed by atoms with Gasteiger partial charge in [0.15, 0.2) is 0 Å². The number of aliphatic carboxylic acids is 1. The molecule has 0 aromatic carbocycles. The van der Waals surface area contributed by atoms with E-state index in [1.165, 1.54) is 57.8 Å². The monoisotopic (exact) mass is 361 g/mol. The van der Waals surface area contributed by atoms with Gasteiger partial charge in [-0.05, 0) is 32.1 Å². The quantitative estimate of drug-likeness (QED) is 0.273. The zero-order valence-electron chi connectivity index (χ0n) is 12.3. The number of rotatable bonds is 13. The maximum absolute atomic E-state index is 10.3. The van der Waals surface area contributed by atoms with E-state index in [-0.39, 0.29) is 22.4 Å². The molecule has 0 aliphatic carbocycles. The Balaban J connectivity index is 0. The molecule has 0 atom stereocenters. The van der Waals surface area contributed by atoms with Crippen LogP contribution in [0, 0.1) is 0 Å². The van der Waals surface area contributed by atoms with E-state index in [9.17, 15) is 4.79 Å². The summed E-state index contributed by atoms with van der Waals surface area (Å²) in [5.74, 6) is -0.666. The first-order valence-corrected chi connectivity index (χ1v) is 7.64. The van der Waals surface area contributed by atoms with E-state index in [4.69, 9.17) is 5.11 Å². The molecule has 0 bridgehead atoms. The Hall–Kier alpha value is -0.0497. The third-order valence-electron chi connectivity index (χ3n) is 3.15. The van der Waals surface area contributed by atoms with Crippen molar-refractivity contribution in [2.75, 3.05) is 0 Å². The first-order chi connectivity index (χ1) is 8.77. The van der Waals surface area contributed by atoms with E-state index in [1.807, 2.05) is 0 Å². The first-order valence-electron chi connectivity index (χ1n) is 7.64. The van der Waals surface area contributed by atoms with Crippen LogP contribution in [0.2, 0.25) is 0 Å². The molecular formula is C16H30AgO2. The topological polar surface area (TPSA) is 37.3 Å². The van der Waals surface area contributed by atoms with Crippen LogP contribution in [0.1, 0.15) is 84.0 Å². The third kappa shape index (κ3) is 20.4. The molecule has 0 fully saturated rings. The molecule has 0 unspecified atom stereocenters. The number of allylic oxidation sites excluding steroid dienone is 2. The SMILES string of the molecule is CCCCCC/C=C\CCCCCCCC(=O)O.[Ag]. The average Bonchev–Trinajstić information content (AvgIpc) is 2.34. The fourth-order valence-corrected chi connectivity index (χ4v) is 1.99. The van der Waals surface area contributed by atoms with Gasteiger partial charge in [0.05, 0.1) is 0 Å². The molecule has 0 aliphatic rings. The standard InChI is InChI=1S/C16H30O2.Ag/c1-2-3-4-5-6-7-8-9-10-11-12-13-14-15-16(17)18;/h7-8H,2-6,9-15H2,1H3,(H,17,18);/b8-7-;. The molecule has 0 aliphatic heterocycles. The predicted octanol–water partition coefficient (Wildman–Crippen LogP) is 5.33. The molecule has 117 valence electrons. The number of carbonyl (C=O) groups is 1. The average molecular weight is 362 g/mol. The Labute approximate surface area is 134 Å². The van der Waals surface area contributed by atoms with Gasteiger partial charge in [-0.15, -0.1) is 0 Å². The maximum Gasteiger partial charge on any atom is 0.303 e. The zero-order chi connectivity index (χ0) is 13.5. The van der Waals surface area contributed by atoms with Crippen LogP contribution in [-0.4, -0.2) is 11.1 Å². The van der Waals surface area contributed by atoms with Crippen LogP contribution in [0.3, 0.4) is 0 Å². The maximum atomic E-state index is 10.3. The molecule has 0 aromatic heterocycles. The number of hydrogen-bond donors (Lipinski definition) is 1. The Morgan fingerprint density at radius 1 is 0.842 bits per heavy atom. The van der Waals surface area contributed by atoms with Crippen molar-refractivity contribution in [2.24, 2.45) is 0 Å². The molecule has 2 nitrogen and oxygen atoms in total. The van der Waals surface area contributed by atoms with Gasteiger partial charge < -0.3 is 5.11 Å². The fraction of sp³-hybridized carbons (Fsp3) is 0.812. The minimum absolute atomic E-state index is 0. The Bertz CT molecular complexity index is 215. The smallest absolute Gasteiger partial charge is 0.303 e. The van der Waals surface area contributed by atoms with Crippen molar-refractivity contribution in [2.45, 2.75) is 84.0 Å². The molecule has 0 rings (SSSR count). The van der Waals surface area contributed by atoms with Crippen LogP contribution >= 0.6 is 0 Å². The minimum atomic E-state index is -0.666. The summed E-state index contributed by atoms with van der Waals surface area (Å²) in [6.45, 7) is 2.24. The van der Waals surface area contributed by atoms with Gasteiger partial charge in [-0.1, -0.05) is 57.6 Å². The molecule has 1 N–H and O–H groups in total. The molecule has 0 heterocycles. The summed E-state index contributed by atoms with van der Waals surface area (Å²) in [4.78, 5) is 10.3. The second kappa shape index (κ2) is 18.0. The molecule has 3 heteroatoms. The van der Waals surface area contributed by atoms with Gasteiger partial charge >= 0.3 is 5.97 Å². The summed E-state index contributed by atoms with van der Waals surface area (Å²) in [5, 5.41) is 8.48. The van der Waals surface area contributed by atoms with Crippen molar-refractivity contribution in [1.29, 1.82) is 0 Å². The fourth-order valence-electron chi connectivity index (χ4n) is 1.99. The van der Waals surface area contributed by atoms with E-state index in [0.717, 1.165) is 12.8 Å². The molecule has 0 saturated carbocycles. The molecule has 0 saturated heterocycles. The first kappa shape index (κ1) is 21.3. The number of carboxylic acids is 1. The number of hydrogen-bond acceptors (Lipinski definition) is 1. The van der Waals surface area contributed by atoms with Crippen molar-refractivity contribution in [1.82, 2.24) is 0 Å². The summed E-state index contributed by atoms with van der Waals surface area (Å²) in [5.41, 5.74) is 0. The largest absolute Gasteiger partial charge is 0.481 e. The number of carboxylic acid groups (broad SMARTS) is 1. The summed E-state index contributed by atoms with van der Waals surface area (Å²) in [6.07, 6.45) is 18.3. The van der Waals surface area contributed by atoms with E-state index in [1.54, 1.807) is 0 Å². The van der Waals surface area contributed by atoms with Gasteiger partial charge in [0, 0.05) is 28.8 Å². The zero-order valence-corrected chi connectivity index (χ0v) is 13.8. The number of unbranched alkanes of at least 4 members (excludes halogenated alkanes) is 9. The molecule has 19 heavy (non-hydrogen) atoms. The van der Waals surface area contributed by atoms with E-state index in [0.29, 0.717) is 6.42 Å². The van der Waals surface area contributed by atoms with Crippen molar-refractivity contribution < 1.29 is 32.3 Å².